The minimum Gasteiger partial charge on any atom is -0.494 e. The Bertz CT molecular complexity index is 401. The molecule has 0 amide bonds. The summed E-state index contributed by atoms with van der Waals surface area (Å²) in [6.07, 6.45) is -7.83. The van der Waals surface area contributed by atoms with Crippen LogP contribution in [0.15, 0.2) is 30.3 Å². The molecule has 0 aliphatic heterocycles. The smallest absolute Gasteiger partial charge is 0.422 e. The first kappa shape index (κ1) is 13.5. The van der Waals surface area contributed by atoms with Crippen LogP contribution < -0.4 is 4.74 Å². The third-order valence-corrected chi connectivity index (χ3v) is 1.93. The largest absolute Gasteiger partial charge is 0.494 e. The second-order valence-corrected chi connectivity index (χ2v) is 3.09. The molecule has 0 fully saturated rings. The molecule has 0 aromatic heterocycles. The van der Waals surface area contributed by atoms with Gasteiger partial charge in [-0.05, 0) is 24.6 Å². The van der Waals surface area contributed by atoms with Crippen LogP contribution in [0.1, 0.15) is 12.5 Å². The first-order chi connectivity index (χ1) is 7.86. The number of hydrogen-bond acceptors (Lipinski definition) is 1. The van der Waals surface area contributed by atoms with Crippen LogP contribution in [0.5, 0.6) is 5.75 Å². The standard InChI is InChI=1S/C11H9F5O/c1-2-17-8-5-3-7(4-6-8)9(10(12)13)11(14,15)16/h3-6H,2H2,1H3. The Hall–Kier alpha value is -1.59. The van der Waals surface area contributed by atoms with Crippen LogP contribution >= 0.6 is 0 Å². The van der Waals surface area contributed by atoms with Gasteiger partial charge in [-0.15, -0.1) is 0 Å². The number of halogens is 5. The summed E-state index contributed by atoms with van der Waals surface area (Å²) in [6.45, 7) is 2.05. The van der Waals surface area contributed by atoms with Gasteiger partial charge in [0, 0.05) is 0 Å². The third-order valence-electron chi connectivity index (χ3n) is 1.93. The van der Waals surface area contributed by atoms with Gasteiger partial charge in [-0.25, -0.2) is 0 Å². The molecule has 0 spiro atoms. The minimum atomic E-state index is -5.08. The van der Waals surface area contributed by atoms with Gasteiger partial charge in [0.2, 0.25) is 0 Å². The topological polar surface area (TPSA) is 9.23 Å². The molecule has 6 heteroatoms. The number of ether oxygens (including phenoxy) is 1. The number of benzene rings is 1. The van der Waals surface area contributed by atoms with E-state index < -0.39 is 23.4 Å². The lowest BCUT2D eigenvalue weighted by molar-refractivity contribution is -0.0711. The van der Waals surface area contributed by atoms with Crippen molar-refractivity contribution in [1.29, 1.82) is 0 Å². The molecule has 0 saturated heterocycles. The Morgan fingerprint density at radius 1 is 1.12 bits per heavy atom. The highest BCUT2D eigenvalue weighted by Crippen LogP contribution is 2.37. The van der Waals surface area contributed by atoms with E-state index in [1.165, 1.54) is 12.1 Å². The molecule has 0 N–H and O–H groups in total. The fraction of sp³-hybridized carbons (Fsp3) is 0.273. The van der Waals surface area contributed by atoms with E-state index in [4.69, 9.17) is 4.74 Å². The van der Waals surface area contributed by atoms with Crippen LogP contribution in [-0.2, 0) is 0 Å². The van der Waals surface area contributed by atoms with E-state index in [0.717, 1.165) is 12.1 Å². The fourth-order valence-corrected chi connectivity index (χ4v) is 1.26. The molecule has 94 valence electrons. The lowest BCUT2D eigenvalue weighted by Crippen LogP contribution is -2.11. The lowest BCUT2D eigenvalue weighted by Gasteiger charge is -2.11. The number of rotatable bonds is 3. The number of alkyl halides is 3. The molecule has 1 aromatic rings. The summed E-state index contributed by atoms with van der Waals surface area (Å²) < 4.78 is 66.5. The summed E-state index contributed by atoms with van der Waals surface area (Å²) in [7, 11) is 0. The monoisotopic (exact) mass is 252 g/mol. The molecule has 0 radical (unpaired) electrons. The molecule has 1 aromatic carbocycles. The van der Waals surface area contributed by atoms with Gasteiger partial charge in [-0.2, -0.15) is 22.0 Å². The van der Waals surface area contributed by atoms with Gasteiger partial charge in [0.1, 0.15) is 11.3 Å². The van der Waals surface area contributed by atoms with Gasteiger partial charge in [0.15, 0.2) is 0 Å². The van der Waals surface area contributed by atoms with E-state index >= 15 is 0 Å². The summed E-state index contributed by atoms with van der Waals surface area (Å²) in [6, 6.07) is 4.33. The summed E-state index contributed by atoms with van der Waals surface area (Å²) >= 11 is 0. The van der Waals surface area contributed by atoms with Crippen molar-refractivity contribution in [2.75, 3.05) is 6.61 Å². The lowest BCUT2D eigenvalue weighted by atomic mass is 10.1. The van der Waals surface area contributed by atoms with E-state index in [1.807, 2.05) is 0 Å². The first-order valence-corrected chi connectivity index (χ1v) is 4.72. The van der Waals surface area contributed by atoms with Gasteiger partial charge in [0.25, 0.3) is 6.08 Å². The Kier molecular flexibility index (Phi) is 4.09. The zero-order valence-electron chi connectivity index (χ0n) is 8.81. The molecule has 1 rings (SSSR count). The van der Waals surface area contributed by atoms with Gasteiger partial charge in [-0.3, -0.25) is 0 Å². The van der Waals surface area contributed by atoms with E-state index in [-0.39, 0.29) is 0 Å². The molecular weight excluding hydrogens is 243 g/mol. The predicted molar refractivity (Wildman–Crippen MR) is 52.8 cm³/mol. The zero-order chi connectivity index (χ0) is 13.1. The maximum atomic E-state index is 12.3. The zero-order valence-corrected chi connectivity index (χ0v) is 8.81. The summed E-state index contributed by atoms with van der Waals surface area (Å²) in [5.74, 6) is 0.331. The van der Waals surface area contributed by atoms with Gasteiger partial charge in [0.05, 0.1) is 6.61 Å². The van der Waals surface area contributed by atoms with Crippen molar-refractivity contribution in [3.05, 3.63) is 35.9 Å². The minimum absolute atomic E-state index is 0.331. The molecular formula is C11H9F5O. The number of hydrogen-bond donors (Lipinski definition) is 0. The van der Waals surface area contributed by atoms with E-state index in [2.05, 4.69) is 0 Å². The highest BCUT2D eigenvalue weighted by atomic mass is 19.4. The van der Waals surface area contributed by atoms with E-state index in [9.17, 15) is 22.0 Å². The maximum Gasteiger partial charge on any atom is 0.422 e. The molecule has 0 aliphatic carbocycles. The van der Waals surface area contributed by atoms with Crippen LogP contribution in [0.3, 0.4) is 0 Å². The number of allylic oxidation sites excluding steroid dienone is 1. The van der Waals surface area contributed by atoms with Crippen LogP contribution in [0.25, 0.3) is 5.57 Å². The van der Waals surface area contributed by atoms with Crippen molar-refractivity contribution < 1.29 is 26.7 Å². The van der Waals surface area contributed by atoms with E-state index in [1.54, 1.807) is 6.92 Å². The van der Waals surface area contributed by atoms with Crippen molar-refractivity contribution in [1.82, 2.24) is 0 Å². The third kappa shape index (κ3) is 3.44. The Morgan fingerprint density at radius 2 is 1.65 bits per heavy atom. The average Bonchev–Trinajstić information content (AvgIpc) is 2.18. The summed E-state index contributed by atoms with van der Waals surface area (Å²) in [5, 5.41) is 0. The van der Waals surface area contributed by atoms with Crippen LogP contribution in [0.2, 0.25) is 0 Å². The Morgan fingerprint density at radius 3 is 2.00 bits per heavy atom. The van der Waals surface area contributed by atoms with Gasteiger partial charge < -0.3 is 4.74 Å². The maximum absolute atomic E-state index is 12.3. The molecule has 1 nitrogen and oxygen atoms in total. The molecule has 0 aliphatic rings. The van der Waals surface area contributed by atoms with Crippen molar-refractivity contribution in [3.8, 4) is 5.75 Å². The molecule has 0 bridgehead atoms. The summed E-state index contributed by atoms with van der Waals surface area (Å²) in [4.78, 5) is 0. The quantitative estimate of drug-likeness (QED) is 0.730. The van der Waals surface area contributed by atoms with Gasteiger partial charge >= 0.3 is 6.18 Å². The normalized spacial score (nSPS) is 11.2. The van der Waals surface area contributed by atoms with Crippen molar-refractivity contribution in [2.24, 2.45) is 0 Å². The highest BCUT2D eigenvalue weighted by Gasteiger charge is 2.38. The molecule has 0 saturated carbocycles. The predicted octanol–water partition coefficient (Wildman–Crippen LogP) is 4.26. The second-order valence-electron chi connectivity index (χ2n) is 3.09. The fourth-order valence-electron chi connectivity index (χ4n) is 1.26. The van der Waals surface area contributed by atoms with Crippen LogP contribution in [0, 0.1) is 0 Å². The van der Waals surface area contributed by atoms with Crippen LogP contribution in [0.4, 0.5) is 22.0 Å². The van der Waals surface area contributed by atoms with Crippen molar-refractivity contribution >= 4 is 5.57 Å². The Balaban J connectivity index is 3.10. The van der Waals surface area contributed by atoms with Crippen LogP contribution in [-0.4, -0.2) is 12.8 Å². The molecule has 0 atom stereocenters. The Labute approximate surface area is 94.5 Å². The highest BCUT2D eigenvalue weighted by molar-refractivity contribution is 5.70. The molecule has 0 unspecified atom stereocenters. The first-order valence-electron chi connectivity index (χ1n) is 4.72. The SMILES string of the molecule is CCOc1ccc(C(=C(F)F)C(F)(F)F)cc1. The van der Waals surface area contributed by atoms with E-state index in [0.29, 0.717) is 12.4 Å². The average molecular weight is 252 g/mol. The molecule has 0 heterocycles. The van der Waals surface area contributed by atoms with Crippen molar-refractivity contribution in [3.63, 3.8) is 0 Å². The van der Waals surface area contributed by atoms with Gasteiger partial charge in [-0.1, -0.05) is 12.1 Å². The summed E-state index contributed by atoms with van der Waals surface area (Å²) in [5.41, 5.74) is -2.50. The molecule has 17 heavy (non-hydrogen) atoms. The van der Waals surface area contributed by atoms with Crippen molar-refractivity contribution in [2.45, 2.75) is 13.1 Å². The second kappa shape index (κ2) is 5.16.